The average molecular weight is 392 g/mol. The number of aliphatic hydroxyl groups is 1. The van der Waals surface area contributed by atoms with Gasteiger partial charge in [0.2, 0.25) is 5.95 Å². The highest BCUT2D eigenvalue weighted by Gasteiger charge is 2.16. The van der Waals surface area contributed by atoms with E-state index in [1.165, 1.54) is 0 Å². The van der Waals surface area contributed by atoms with Gasteiger partial charge in [-0.25, -0.2) is 9.78 Å². The number of carbonyl (C=O) groups is 1. The summed E-state index contributed by atoms with van der Waals surface area (Å²) in [5.41, 5.74) is 6.51. The summed E-state index contributed by atoms with van der Waals surface area (Å²) in [4.78, 5) is 20.1. The van der Waals surface area contributed by atoms with Crippen LogP contribution in [-0.4, -0.2) is 46.0 Å². The van der Waals surface area contributed by atoms with Crippen molar-refractivity contribution < 1.29 is 14.6 Å². The van der Waals surface area contributed by atoms with Crippen molar-refractivity contribution in [2.45, 2.75) is 71.9 Å². The molecule has 0 saturated carbocycles. The van der Waals surface area contributed by atoms with Gasteiger partial charge in [0.1, 0.15) is 11.4 Å². The smallest absolute Gasteiger partial charge is 0.408 e. The maximum atomic E-state index is 11.7. The Morgan fingerprint density at radius 2 is 2.04 bits per heavy atom. The zero-order chi connectivity index (χ0) is 21.2. The molecule has 0 aromatic carbocycles. The van der Waals surface area contributed by atoms with Crippen LogP contribution in [0.3, 0.4) is 0 Å². The van der Waals surface area contributed by atoms with E-state index in [0.717, 1.165) is 19.3 Å². The van der Waals surface area contributed by atoms with Gasteiger partial charge in [-0.2, -0.15) is 4.98 Å². The first-order valence-corrected chi connectivity index (χ1v) is 9.63. The predicted molar refractivity (Wildman–Crippen MR) is 111 cm³/mol. The van der Waals surface area contributed by atoms with Crippen molar-refractivity contribution in [2.24, 2.45) is 0 Å². The van der Waals surface area contributed by atoms with Gasteiger partial charge in [-0.05, 0) is 40.5 Å². The molecular formula is C20H33N5O3. The van der Waals surface area contributed by atoms with Crippen molar-refractivity contribution >= 4 is 17.9 Å². The molecule has 156 valence electrons. The molecule has 0 saturated heterocycles. The van der Waals surface area contributed by atoms with Crippen LogP contribution in [0.25, 0.3) is 0 Å². The second kappa shape index (κ2) is 11.3. The number of nitrogens with two attached hydrogens (primary N) is 1. The zero-order valence-corrected chi connectivity index (χ0v) is 17.6. The Morgan fingerprint density at radius 3 is 2.64 bits per heavy atom. The highest BCUT2D eigenvalue weighted by Crippen LogP contribution is 2.19. The standard InChI is InChI=1S/C20H33N5O3/c1-6-7-9-15(11-13-26)24-17-16(14(2)23-18(21)25-17)10-8-12-22-19(27)28-20(3,4)5/h15,26H,6-7,9,11-13H2,1-5H3,(H,22,27)(H3,21,23,24,25). The second-order valence-corrected chi connectivity index (χ2v) is 7.54. The van der Waals surface area contributed by atoms with Crippen molar-refractivity contribution in [3.05, 3.63) is 11.3 Å². The molecule has 1 rings (SSSR count). The van der Waals surface area contributed by atoms with Crippen molar-refractivity contribution in [1.29, 1.82) is 0 Å². The van der Waals surface area contributed by atoms with Crippen LogP contribution in [0.15, 0.2) is 0 Å². The molecule has 5 N–H and O–H groups in total. The summed E-state index contributed by atoms with van der Waals surface area (Å²) in [5, 5.41) is 15.3. The molecule has 1 unspecified atom stereocenters. The summed E-state index contributed by atoms with van der Waals surface area (Å²) in [6.07, 6.45) is 3.10. The number of rotatable bonds is 8. The van der Waals surface area contributed by atoms with E-state index in [2.05, 4.69) is 39.4 Å². The summed E-state index contributed by atoms with van der Waals surface area (Å²) in [5.74, 6) is 6.61. The monoisotopic (exact) mass is 391 g/mol. The number of nitrogens with one attached hydrogen (secondary N) is 2. The van der Waals surface area contributed by atoms with E-state index in [1.54, 1.807) is 20.8 Å². The average Bonchev–Trinajstić information content (AvgIpc) is 2.56. The fourth-order valence-electron chi connectivity index (χ4n) is 2.50. The molecule has 1 atom stereocenters. The van der Waals surface area contributed by atoms with Crippen molar-refractivity contribution in [3.8, 4) is 11.8 Å². The number of alkyl carbamates (subject to hydrolysis) is 1. The molecule has 1 aromatic rings. The largest absolute Gasteiger partial charge is 0.444 e. The van der Waals surface area contributed by atoms with E-state index in [1.807, 2.05) is 6.92 Å². The molecule has 8 heteroatoms. The number of ether oxygens (including phenoxy) is 1. The fourth-order valence-corrected chi connectivity index (χ4v) is 2.50. The Labute approximate surface area is 167 Å². The topological polar surface area (TPSA) is 122 Å². The number of hydrogen-bond acceptors (Lipinski definition) is 7. The van der Waals surface area contributed by atoms with Gasteiger partial charge < -0.3 is 26.2 Å². The number of anilines is 2. The number of nitrogen functional groups attached to an aromatic ring is 1. The highest BCUT2D eigenvalue weighted by molar-refractivity contribution is 5.68. The van der Waals surface area contributed by atoms with Gasteiger partial charge in [0.25, 0.3) is 0 Å². The molecule has 1 aromatic heterocycles. The maximum absolute atomic E-state index is 11.7. The number of amides is 1. The highest BCUT2D eigenvalue weighted by atomic mass is 16.6. The fraction of sp³-hybridized carbons (Fsp3) is 0.650. The lowest BCUT2D eigenvalue weighted by atomic mass is 10.1. The summed E-state index contributed by atoms with van der Waals surface area (Å²) < 4.78 is 5.18. The van der Waals surface area contributed by atoms with Crippen LogP contribution in [0.4, 0.5) is 16.6 Å². The van der Waals surface area contributed by atoms with Crippen molar-refractivity contribution in [1.82, 2.24) is 15.3 Å². The first-order valence-electron chi connectivity index (χ1n) is 9.63. The predicted octanol–water partition coefficient (Wildman–Crippen LogP) is 2.60. The molecule has 0 radical (unpaired) electrons. The van der Waals surface area contributed by atoms with Crippen LogP contribution >= 0.6 is 0 Å². The molecule has 0 aliphatic heterocycles. The lowest BCUT2D eigenvalue weighted by Gasteiger charge is -2.20. The lowest BCUT2D eigenvalue weighted by molar-refractivity contribution is 0.0535. The molecule has 0 spiro atoms. The molecule has 28 heavy (non-hydrogen) atoms. The normalized spacial score (nSPS) is 11.9. The summed E-state index contributed by atoms with van der Waals surface area (Å²) in [6.45, 7) is 9.54. The van der Waals surface area contributed by atoms with E-state index in [4.69, 9.17) is 10.5 Å². The number of nitrogens with zero attached hydrogens (tertiary/aromatic N) is 2. The minimum absolute atomic E-state index is 0.0686. The van der Waals surface area contributed by atoms with Crippen LogP contribution in [0.2, 0.25) is 0 Å². The number of aromatic nitrogens is 2. The first-order chi connectivity index (χ1) is 13.2. The molecular weight excluding hydrogens is 358 g/mol. The van der Waals surface area contributed by atoms with Crippen molar-refractivity contribution in [2.75, 3.05) is 24.2 Å². The molecule has 0 aliphatic carbocycles. The van der Waals surface area contributed by atoms with E-state index in [-0.39, 0.29) is 25.1 Å². The summed E-state index contributed by atoms with van der Waals surface area (Å²) in [7, 11) is 0. The van der Waals surface area contributed by atoms with E-state index in [9.17, 15) is 9.90 Å². The third kappa shape index (κ3) is 8.91. The van der Waals surface area contributed by atoms with Crippen LogP contribution < -0.4 is 16.4 Å². The lowest BCUT2D eigenvalue weighted by Crippen LogP contribution is -2.32. The Hall–Kier alpha value is -2.53. The number of carbonyl (C=O) groups excluding carboxylic acids is 1. The SMILES string of the molecule is CCCCC(CCO)Nc1nc(N)nc(C)c1C#CCNC(=O)OC(C)(C)C. The first kappa shape index (κ1) is 23.5. The molecule has 8 nitrogen and oxygen atoms in total. The third-order valence-corrected chi connectivity index (χ3v) is 3.77. The minimum Gasteiger partial charge on any atom is -0.444 e. The minimum atomic E-state index is -0.559. The number of unbranched alkanes of at least 4 members (excludes halogenated alkanes) is 1. The van der Waals surface area contributed by atoms with Crippen LogP contribution in [0, 0.1) is 18.8 Å². The van der Waals surface area contributed by atoms with E-state index in [0.29, 0.717) is 23.5 Å². The molecule has 1 heterocycles. The molecule has 0 aliphatic rings. The number of aliphatic hydroxyl groups excluding tert-OH is 1. The van der Waals surface area contributed by atoms with Gasteiger partial charge in [0.05, 0.1) is 17.8 Å². The van der Waals surface area contributed by atoms with Crippen LogP contribution in [0.5, 0.6) is 0 Å². The Kier molecular flexibility index (Phi) is 9.52. The Bertz CT molecular complexity index is 704. The van der Waals surface area contributed by atoms with Crippen molar-refractivity contribution in [3.63, 3.8) is 0 Å². The number of aryl methyl sites for hydroxylation is 1. The van der Waals surface area contributed by atoms with Gasteiger partial charge in [-0.1, -0.05) is 31.6 Å². The van der Waals surface area contributed by atoms with Crippen LogP contribution in [-0.2, 0) is 4.74 Å². The Balaban J connectivity index is 2.90. The van der Waals surface area contributed by atoms with Gasteiger partial charge in [-0.15, -0.1) is 0 Å². The van der Waals surface area contributed by atoms with Gasteiger partial charge in [-0.3, -0.25) is 0 Å². The number of hydrogen-bond donors (Lipinski definition) is 4. The molecule has 0 bridgehead atoms. The zero-order valence-electron chi connectivity index (χ0n) is 17.6. The maximum Gasteiger partial charge on any atom is 0.408 e. The third-order valence-electron chi connectivity index (χ3n) is 3.77. The summed E-state index contributed by atoms with van der Waals surface area (Å²) >= 11 is 0. The summed E-state index contributed by atoms with van der Waals surface area (Å²) in [6, 6.07) is 0.0686. The van der Waals surface area contributed by atoms with Gasteiger partial charge in [0, 0.05) is 12.6 Å². The van der Waals surface area contributed by atoms with Gasteiger partial charge >= 0.3 is 6.09 Å². The molecule has 1 amide bonds. The van der Waals surface area contributed by atoms with E-state index < -0.39 is 11.7 Å². The van der Waals surface area contributed by atoms with E-state index >= 15 is 0 Å². The second-order valence-electron chi connectivity index (χ2n) is 7.54. The molecule has 0 fully saturated rings. The quantitative estimate of drug-likeness (QED) is 0.502. The Morgan fingerprint density at radius 1 is 1.32 bits per heavy atom. The van der Waals surface area contributed by atoms with Gasteiger partial charge in [0.15, 0.2) is 0 Å². The van der Waals surface area contributed by atoms with Crippen LogP contribution in [0.1, 0.15) is 64.6 Å².